The Bertz CT molecular complexity index is 697. The molecule has 21 heavy (non-hydrogen) atoms. The number of rotatable bonds is 6. The van der Waals surface area contributed by atoms with Crippen molar-refractivity contribution in [3.8, 4) is 5.75 Å². The van der Waals surface area contributed by atoms with Crippen molar-refractivity contribution < 1.29 is 13.2 Å². The summed E-state index contributed by atoms with van der Waals surface area (Å²) >= 11 is 0. The zero-order valence-electron chi connectivity index (χ0n) is 12.0. The van der Waals surface area contributed by atoms with Gasteiger partial charge in [-0.15, -0.1) is 0 Å². The van der Waals surface area contributed by atoms with Gasteiger partial charge in [-0.2, -0.15) is 0 Å². The Morgan fingerprint density at radius 2 is 1.81 bits per heavy atom. The van der Waals surface area contributed by atoms with Gasteiger partial charge in [-0.05, 0) is 42.0 Å². The molecule has 0 spiro atoms. The largest absolute Gasteiger partial charge is 0.497 e. The first-order valence-electron chi connectivity index (χ1n) is 6.45. The number of benzene rings is 2. The molecule has 0 saturated heterocycles. The quantitative estimate of drug-likeness (QED) is 0.858. The minimum absolute atomic E-state index is 0.216. The van der Waals surface area contributed by atoms with Gasteiger partial charge in [-0.3, -0.25) is 0 Å². The molecule has 0 aliphatic heterocycles. The number of hydrogen-bond acceptors (Lipinski definition) is 4. The molecule has 0 amide bonds. The Morgan fingerprint density at radius 3 is 2.43 bits per heavy atom. The van der Waals surface area contributed by atoms with Gasteiger partial charge in [-0.1, -0.05) is 12.1 Å². The predicted octanol–water partition coefficient (Wildman–Crippen LogP) is 2.22. The summed E-state index contributed by atoms with van der Waals surface area (Å²) in [6.45, 7) is 0.216. The fourth-order valence-corrected chi connectivity index (χ4v) is 2.86. The normalized spacial score (nSPS) is 11.1. The van der Waals surface area contributed by atoms with Crippen LogP contribution in [0.15, 0.2) is 53.4 Å². The molecule has 0 aliphatic rings. The van der Waals surface area contributed by atoms with Gasteiger partial charge >= 0.3 is 0 Å². The lowest BCUT2D eigenvalue weighted by Gasteiger charge is -2.08. The number of hydrogen-bond donors (Lipinski definition) is 2. The molecule has 2 N–H and O–H groups in total. The van der Waals surface area contributed by atoms with Gasteiger partial charge in [0.25, 0.3) is 0 Å². The Balaban J connectivity index is 2.09. The molecule has 0 aliphatic carbocycles. The maximum absolute atomic E-state index is 12.2. The SMILES string of the molecule is CNc1ccc(S(=O)(=O)NCc2cccc(OC)c2)cc1. The van der Waals surface area contributed by atoms with Crippen LogP contribution in [0, 0.1) is 0 Å². The first-order valence-corrected chi connectivity index (χ1v) is 7.94. The molecule has 2 aromatic carbocycles. The van der Waals surface area contributed by atoms with Crippen molar-refractivity contribution in [1.29, 1.82) is 0 Å². The third-order valence-corrected chi connectivity index (χ3v) is 4.47. The highest BCUT2D eigenvalue weighted by Crippen LogP contribution is 2.15. The molecule has 112 valence electrons. The van der Waals surface area contributed by atoms with E-state index in [4.69, 9.17) is 4.74 Å². The van der Waals surface area contributed by atoms with Crippen molar-refractivity contribution in [3.63, 3.8) is 0 Å². The van der Waals surface area contributed by atoms with Crippen LogP contribution in [0.5, 0.6) is 5.75 Å². The monoisotopic (exact) mass is 306 g/mol. The molecule has 0 heterocycles. The van der Waals surface area contributed by atoms with Crippen LogP contribution in [0.1, 0.15) is 5.56 Å². The summed E-state index contributed by atoms with van der Waals surface area (Å²) in [7, 11) is -0.163. The standard InChI is InChI=1S/C15H18N2O3S/c1-16-13-6-8-15(9-7-13)21(18,19)17-11-12-4-3-5-14(10-12)20-2/h3-10,16-17H,11H2,1-2H3. The van der Waals surface area contributed by atoms with E-state index in [-0.39, 0.29) is 11.4 Å². The van der Waals surface area contributed by atoms with Crippen molar-refractivity contribution in [1.82, 2.24) is 4.72 Å². The minimum Gasteiger partial charge on any atom is -0.497 e. The zero-order valence-corrected chi connectivity index (χ0v) is 12.8. The summed E-state index contributed by atoms with van der Waals surface area (Å²) < 4.78 is 32.1. The Kier molecular flexibility index (Phi) is 4.82. The van der Waals surface area contributed by atoms with Gasteiger partial charge in [0, 0.05) is 19.3 Å². The summed E-state index contributed by atoms with van der Waals surface area (Å²) in [5, 5.41) is 2.95. The van der Waals surface area contributed by atoms with Gasteiger partial charge in [0.05, 0.1) is 12.0 Å². The van der Waals surface area contributed by atoms with E-state index in [0.29, 0.717) is 5.75 Å². The van der Waals surface area contributed by atoms with E-state index < -0.39 is 10.0 Å². The zero-order chi connectivity index (χ0) is 15.3. The maximum atomic E-state index is 12.2. The van der Waals surface area contributed by atoms with E-state index in [1.807, 2.05) is 18.2 Å². The summed E-state index contributed by atoms with van der Waals surface area (Å²) in [6.07, 6.45) is 0. The lowest BCUT2D eigenvalue weighted by Crippen LogP contribution is -2.23. The van der Waals surface area contributed by atoms with E-state index in [9.17, 15) is 8.42 Å². The minimum atomic E-state index is -3.52. The molecule has 6 heteroatoms. The van der Waals surface area contributed by atoms with Crippen molar-refractivity contribution in [2.75, 3.05) is 19.5 Å². The second-order valence-corrected chi connectivity index (χ2v) is 6.22. The molecular weight excluding hydrogens is 288 g/mol. The van der Waals surface area contributed by atoms with Gasteiger partial charge in [0.1, 0.15) is 5.75 Å². The third-order valence-electron chi connectivity index (χ3n) is 3.05. The fraction of sp³-hybridized carbons (Fsp3) is 0.200. The first kappa shape index (κ1) is 15.3. The van der Waals surface area contributed by atoms with Crippen LogP contribution in [-0.2, 0) is 16.6 Å². The van der Waals surface area contributed by atoms with Gasteiger partial charge < -0.3 is 10.1 Å². The molecular formula is C15H18N2O3S. The van der Waals surface area contributed by atoms with Crippen LogP contribution in [0.3, 0.4) is 0 Å². The number of nitrogens with one attached hydrogen (secondary N) is 2. The van der Waals surface area contributed by atoms with Crippen LogP contribution >= 0.6 is 0 Å². The topological polar surface area (TPSA) is 67.4 Å². The van der Waals surface area contributed by atoms with Crippen molar-refractivity contribution >= 4 is 15.7 Å². The van der Waals surface area contributed by atoms with E-state index in [0.717, 1.165) is 11.3 Å². The second kappa shape index (κ2) is 6.60. The number of methoxy groups -OCH3 is 1. The van der Waals surface area contributed by atoms with E-state index in [2.05, 4.69) is 10.0 Å². The fourth-order valence-electron chi connectivity index (χ4n) is 1.84. The molecule has 0 radical (unpaired) electrons. The summed E-state index contributed by atoms with van der Waals surface area (Å²) in [6, 6.07) is 13.9. The number of sulfonamides is 1. The van der Waals surface area contributed by atoms with E-state index in [1.165, 1.54) is 0 Å². The van der Waals surface area contributed by atoms with Crippen LogP contribution in [0.4, 0.5) is 5.69 Å². The third kappa shape index (κ3) is 3.96. The molecule has 0 atom stereocenters. The Hall–Kier alpha value is -2.05. The van der Waals surface area contributed by atoms with Crippen molar-refractivity contribution in [2.45, 2.75) is 11.4 Å². The van der Waals surface area contributed by atoms with Crippen LogP contribution in [0.2, 0.25) is 0 Å². The molecule has 0 aromatic heterocycles. The highest BCUT2D eigenvalue weighted by atomic mass is 32.2. The first-order chi connectivity index (χ1) is 10.0. The highest BCUT2D eigenvalue weighted by molar-refractivity contribution is 7.89. The summed E-state index contributed by atoms with van der Waals surface area (Å²) in [4.78, 5) is 0.240. The lowest BCUT2D eigenvalue weighted by molar-refractivity contribution is 0.414. The molecule has 5 nitrogen and oxygen atoms in total. The molecule has 0 unspecified atom stereocenters. The predicted molar refractivity (Wildman–Crippen MR) is 83.0 cm³/mol. The molecule has 0 bridgehead atoms. The average Bonchev–Trinajstić information content (AvgIpc) is 2.53. The number of ether oxygens (including phenoxy) is 1. The average molecular weight is 306 g/mol. The molecule has 2 aromatic rings. The molecule has 0 saturated carbocycles. The Morgan fingerprint density at radius 1 is 1.10 bits per heavy atom. The summed E-state index contributed by atoms with van der Waals surface area (Å²) in [5.74, 6) is 0.699. The van der Waals surface area contributed by atoms with E-state index >= 15 is 0 Å². The number of anilines is 1. The van der Waals surface area contributed by atoms with Crippen LogP contribution in [0.25, 0.3) is 0 Å². The van der Waals surface area contributed by atoms with Crippen LogP contribution in [-0.4, -0.2) is 22.6 Å². The highest BCUT2D eigenvalue weighted by Gasteiger charge is 2.13. The van der Waals surface area contributed by atoms with Gasteiger partial charge in [-0.25, -0.2) is 13.1 Å². The Labute approximate surface area is 125 Å². The van der Waals surface area contributed by atoms with Crippen molar-refractivity contribution in [2.24, 2.45) is 0 Å². The second-order valence-electron chi connectivity index (χ2n) is 4.45. The smallest absolute Gasteiger partial charge is 0.240 e. The van der Waals surface area contributed by atoms with Crippen LogP contribution < -0.4 is 14.8 Å². The van der Waals surface area contributed by atoms with E-state index in [1.54, 1.807) is 44.5 Å². The summed E-state index contributed by atoms with van der Waals surface area (Å²) in [5.41, 5.74) is 1.70. The van der Waals surface area contributed by atoms with Crippen molar-refractivity contribution in [3.05, 3.63) is 54.1 Å². The maximum Gasteiger partial charge on any atom is 0.240 e. The van der Waals surface area contributed by atoms with Gasteiger partial charge in [0.2, 0.25) is 10.0 Å². The molecule has 2 rings (SSSR count). The lowest BCUT2D eigenvalue weighted by atomic mass is 10.2. The molecule has 0 fully saturated rings. The van der Waals surface area contributed by atoms with Gasteiger partial charge in [0.15, 0.2) is 0 Å².